The van der Waals surface area contributed by atoms with Gasteiger partial charge in [-0.1, -0.05) is 31.4 Å². The van der Waals surface area contributed by atoms with Crippen molar-refractivity contribution in [2.24, 2.45) is 5.92 Å². The number of aldehydes is 1. The molecule has 2 N–H and O–H groups in total. The van der Waals surface area contributed by atoms with Gasteiger partial charge in [-0.25, -0.2) is 4.98 Å². The van der Waals surface area contributed by atoms with Gasteiger partial charge in [-0.15, -0.1) is 0 Å². The van der Waals surface area contributed by atoms with E-state index in [2.05, 4.69) is 21.8 Å². The van der Waals surface area contributed by atoms with E-state index in [1.807, 2.05) is 6.20 Å². The van der Waals surface area contributed by atoms with Crippen LogP contribution in [0, 0.1) is 5.92 Å². The van der Waals surface area contributed by atoms with Gasteiger partial charge in [0.15, 0.2) is 0 Å². The molecule has 27 heavy (non-hydrogen) atoms. The summed E-state index contributed by atoms with van der Waals surface area (Å²) in [5, 5.41) is 12.7. The number of hydrogen-bond acceptors (Lipinski definition) is 4. The molecule has 0 aromatic carbocycles. The number of nitrogens with zero attached hydrogens (tertiary/aromatic N) is 2. The summed E-state index contributed by atoms with van der Waals surface area (Å²) in [5.74, 6) is -0.124. The van der Waals surface area contributed by atoms with E-state index in [9.17, 15) is 9.90 Å². The van der Waals surface area contributed by atoms with Crippen LogP contribution in [0.5, 0.6) is 0 Å². The highest BCUT2D eigenvalue weighted by molar-refractivity contribution is 6.35. The standard InChI is InChI=1S/C21H28ClN3O2/c1-14(16-11-24-20-19(16)17(22)6-9-23-20)15(13-26)12-25-10-4-8-21(27)7-3-2-5-18(21)25/h6,9,11,13-15,18,27H,2-5,7-8,10,12H2,1H3,(H,23,24). The van der Waals surface area contributed by atoms with E-state index in [1.54, 1.807) is 12.3 Å². The van der Waals surface area contributed by atoms with Gasteiger partial charge in [-0.05, 0) is 49.8 Å². The lowest BCUT2D eigenvalue weighted by atomic mass is 9.73. The predicted molar refractivity (Wildman–Crippen MR) is 107 cm³/mol. The summed E-state index contributed by atoms with van der Waals surface area (Å²) in [6, 6.07) is 1.97. The van der Waals surface area contributed by atoms with E-state index in [4.69, 9.17) is 11.6 Å². The van der Waals surface area contributed by atoms with Crippen LogP contribution in [0.1, 0.15) is 56.9 Å². The number of aliphatic hydroxyl groups is 1. The first kappa shape index (κ1) is 18.9. The molecular formula is C21H28ClN3O2. The van der Waals surface area contributed by atoms with Crippen LogP contribution in [0.2, 0.25) is 5.02 Å². The number of likely N-dealkylation sites (tertiary alicyclic amines) is 1. The van der Waals surface area contributed by atoms with Crippen molar-refractivity contribution in [3.8, 4) is 0 Å². The minimum Gasteiger partial charge on any atom is -0.388 e. The highest BCUT2D eigenvalue weighted by Crippen LogP contribution is 2.40. The minimum absolute atomic E-state index is 0.0246. The molecule has 1 saturated carbocycles. The van der Waals surface area contributed by atoms with Crippen LogP contribution in [-0.4, -0.2) is 51.0 Å². The van der Waals surface area contributed by atoms with Crippen LogP contribution in [0.25, 0.3) is 11.0 Å². The Balaban J connectivity index is 1.57. The molecule has 3 heterocycles. The van der Waals surface area contributed by atoms with Crippen LogP contribution in [0.4, 0.5) is 0 Å². The van der Waals surface area contributed by atoms with Gasteiger partial charge in [0, 0.05) is 36.3 Å². The lowest BCUT2D eigenvalue weighted by molar-refractivity contribution is -0.120. The van der Waals surface area contributed by atoms with E-state index in [0.717, 1.165) is 68.0 Å². The zero-order valence-electron chi connectivity index (χ0n) is 15.8. The maximum Gasteiger partial charge on any atom is 0.139 e. The van der Waals surface area contributed by atoms with Crippen molar-refractivity contribution in [1.29, 1.82) is 0 Å². The maximum atomic E-state index is 12.0. The quantitative estimate of drug-likeness (QED) is 0.761. The zero-order valence-corrected chi connectivity index (χ0v) is 16.6. The number of H-pyrrole nitrogens is 1. The Bertz CT molecular complexity index is 819. The number of nitrogens with one attached hydrogen (secondary N) is 1. The van der Waals surface area contributed by atoms with Gasteiger partial charge in [-0.2, -0.15) is 0 Å². The SMILES string of the molecule is CC(c1c[nH]c2nccc(Cl)c12)C(C=O)CN1CCCC2(O)CCCCC12. The van der Waals surface area contributed by atoms with Crippen molar-refractivity contribution in [2.75, 3.05) is 13.1 Å². The Labute approximate surface area is 165 Å². The van der Waals surface area contributed by atoms with Gasteiger partial charge >= 0.3 is 0 Å². The van der Waals surface area contributed by atoms with Gasteiger partial charge in [0.25, 0.3) is 0 Å². The highest BCUT2D eigenvalue weighted by atomic mass is 35.5. The third kappa shape index (κ3) is 3.41. The summed E-state index contributed by atoms with van der Waals surface area (Å²) >= 11 is 6.40. The van der Waals surface area contributed by atoms with Crippen molar-refractivity contribution in [1.82, 2.24) is 14.9 Å². The predicted octanol–water partition coefficient (Wildman–Crippen LogP) is 3.90. The van der Waals surface area contributed by atoms with Crippen molar-refractivity contribution in [2.45, 2.75) is 63.0 Å². The van der Waals surface area contributed by atoms with E-state index < -0.39 is 5.60 Å². The minimum atomic E-state index is -0.568. The van der Waals surface area contributed by atoms with Gasteiger partial charge < -0.3 is 14.9 Å². The maximum absolute atomic E-state index is 12.0. The van der Waals surface area contributed by atoms with Crippen molar-refractivity contribution in [3.05, 3.63) is 29.0 Å². The Morgan fingerprint density at radius 1 is 1.44 bits per heavy atom. The number of carbonyl (C=O) groups excluding carboxylic acids is 1. The molecule has 146 valence electrons. The monoisotopic (exact) mass is 389 g/mol. The van der Waals surface area contributed by atoms with Crippen LogP contribution in [0.15, 0.2) is 18.5 Å². The molecule has 1 aliphatic heterocycles. The topological polar surface area (TPSA) is 69.2 Å². The Morgan fingerprint density at radius 3 is 3.07 bits per heavy atom. The van der Waals surface area contributed by atoms with Crippen molar-refractivity contribution >= 4 is 28.9 Å². The van der Waals surface area contributed by atoms with E-state index in [0.29, 0.717) is 11.6 Å². The van der Waals surface area contributed by atoms with Crippen molar-refractivity contribution in [3.63, 3.8) is 0 Å². The van der Waals surface area contributed by atoms with E-state index >= 15 is 0 Å². The summed E-state index contributed by atoms with van der Waals surface area (Å²) in [4.78, 5) is 21.9. The zero-order chi connectivity index (χ0) is 19.0. The molecule has 0 bridgehead atoms. The van der Waals surface area contributed by atoms with Crippen LogP contribution >= 0.6 is 11.6 Å². The number of pyridine rings is 1. The number of fused-ring (bicyclic) bond motifs is 2. The van der Waals surface area contributed by atoms with E-state index in [-0.39, 0.29) is 17.9 Å². The Hall–Kier alpha value is -1.43. The Kier molecular flexibility index (Phi) is 5.28. The third-order valence-corrected chi connectivity index (χ3v) is 7.07. The van der Waals surface area contributed by atoms with E-state index in [1.165, 1.54) is 0 Å². The van der Waals surface area contributed by atoms with Gasteiger partial charge in [0.2, 0.25) is 0 Å². The molecule has 2 aromatic heterocycles. The first-order valence-electron chi connectivity index (χ1n) is 10.1. The fourth-order valence-corrected chi connectivity index (χ4v) is 5.46. The molecule has 5 nitrogen and oxygen atoms in total. The Morgan fingerprint density at radius 2 is 2.26 bits per heavy atom. The average molecular weight is 390 g/mol. The van der Waals surface area contributed by atoms with Crippen LogP contribution in [0.3, 0.4) is 0 Å². The lowest BCUT2D eigenvalue weighted by Gasteiger charge is -2.50. The molecule has 4 unspecified atom stereocenters. The molecule has 6 heteroatoms. The number of halogens is 1. The molecule has 2 aromatic rings. The second-order valence-corrected chi connectivity index (χ2v) is 8.72. The summed E-state index contributed by atoms with van der Waals surface area (Å²) in [6.07, 6.45) is 10.8. The first-order chi connectivity index (χ1) is 13.0. The third-order valence-electron chi connectivity index (χ3n) is 6.76. The number of piperidine rings is 1. The molecule has 0 amide bonds. The molecule has 4 rings (SSSR count). The molecule has 4 atom stereocenters. The largest absolute Gasteiger partial charge is 0.388 e. The fraction of sp³-hybridized carbons (Fsp3) is 0.619. The number of aromatic amines is 1. The second kappa shape index (κ2) is 7.53. The molecular weight excluding hydrogens is 362 g/mol. The summed E-state index contributed by atoms with van der Waals surface area (Å²) in [6.45, 7) is 3.73. The number of rotatable bonds is 5. The summed E-state index contributed by atoms with van der Waals surface area (Å²) in [5.41, 5.74) is 1.23. The summed E-state index contributed by atoms with van der Waals surface area (Å²) < 4.78 is 0. The molecule has 1 aliphatic carbocycles. The molecule has 2 aliphatic rings. The smallest absolute Gasteiger partial charge is 0.139 e. The number of aromatic nitrogens is 2. The van der Waals surface area contributed by atoms with Gasteiger partial charge in [-0.3, -0.25) is 4.90 Å². The number of carbonyl (C=O) groups is 1. The van der Waals surface area contributed by atoms with Gasteiger partial charge in [0.05, 0.1) is 10.6 Å². The number of hydrogen-bond donors (Lipinski definition) is 2. The summed E-state index contributed by atoms with van der Waals surface area (Å²) in [7, 11) is 0. The molecule has 0 spiro atoms. The molecule has 0 radical (unpaired) electrons. The lowest BCUT2D eigenvalue weighted by Crippen LogP contribution is -2.59. The van der Waals surface area contributed by atoms with Crippen molar-refractivity contribution < 1.29 is 9.90 Å². The first-order valence-corrected chi connectivity index (χ1v) is 10.4. The van der Waals surface area contributed by atoms with Crippen LogP contribution in [-0.2, 0) is 4.79 Å². The fourth-order valence-electron chi connectivity index (χ4n) is 5.20. The van der Waals surface area contributed by atoms with Gasteiger partial charge in [0.1, 0.15) is 11.9 Å². The molecule has 1 saturated heterocycles. The van der Waals surface area contributed by atoms with Crippen LogP contribution < -0.4 is 0 Å². The average Bonchev–Trinajstić information content (AvgIpc) is 3.10. The highest BCUT2D eigenvalue weighted by Gasteiger charge is 2.45. The second-order valence-electron chi connectivity index (χ2n) is 8.31. The molecule has 2 fully saturated rings. The normalized spacial score (nSPS) is 28.6.